The molecule has 2 N–H and O–H groups in total. The maximum atomic E-state index is 13.1. The molecule has 0 aliphatic carbocycles. The van der Waals surface area contributed by atoms with Crippen LogP contribution in [0, 0.1) is 0 Å². The van der Waals surface area contributed by atoms with E-state index in [1.807, 2.05) is 0 Å². The average molecular weight is 170 g/mol. The molecule has 0 aromatic carbocycles. The Morgan fingerprint density at radius 1 is 1.70 bits per heavy atom. The van der Waals surface area contributed by atoms with Crippen LogP contribution in [0.15, 0.2) is 0 Å². The first kappa shape index (κ1) is 10.1. The number of aliphatic hydroxyl groups is 1. The molecule has 1 saturated heterocycles. The molecule has 1 aliphatic rings. The first-order valence-corrected chi connectivity index (χ1v) is 3.23. The molecule has 62 valence electrons. The highest BCUT2D eigenvalue weighted by molar-refractivity contribution is 5.85. The third-order valence-electron chi connectivity index (χ3n) is 1.88. The van der Waals surface area contributed by atoms with E-state index in [0.717, 1.165) is 0 Å². The van der Waals surface area contributed by atoms with Gasteiger partial charge in [0.05, 0.1) is 6.10 Å². The highest BCUT2D eigenvalue weighted by Crippen LogP contribution is 2.23. The minimum Gasteiger partial charge on any atom is -0.390 e. The fourth-order valence-electron chi connectivity index (χ4n) is 1.04. The second-order valence-corrected chi connectivity index (χ2v) is 2.64. The van der Waals surface area contributed by atoms with Crippen molar-refractivity contribution in [3.63, 3.8) is 0 Å². The van der Waals surface area contributed by atoms with Crippen molar-refractivity contribution < 1.29 is 9.50 Å². The van der Waals surface area contributed by atoms with Gasteiger partial charge in [0.15, 0.2) is 0 Å². The van der Waals surface area contributed by atoms with Crippen LogP contribution in [-0.2, 0) is 0 Å². The van der Waals surface area contributed by atoms with Gasteiger partial charge in [0.2, 0.25) is 0 Å². The Kier molecular flexibility index (Phi) is 3.56. The molecule has 0 radical (unpaired) electrons. The predicted octanol–water partition coefficient (Wildman–Crippen LogP) is 0.491. The van der Waals surface area contributed by atoms with Gasteiger partial charge in [-0.15, -0.1) is 12.4 Å². The molecular weight excluding hydrogens is 157 g/mol. The summed E-state index contributed by atoms with van der Waals surface area (Å²) in [6.45, 7) is 2.47. The van der Waals surface area contributed by atoms with E-state index in [4.69, 9.17) is 5.11 Å². The molecule has 4 heteroatoms. The fraction of sp³-hybridized carbons (Fsp3) is 1.00. The van der Waals surface area contributed by atoms with Gasteiger partial charge in [0, 0.05) is 6.54 Å². The van der Waals surface area contributed by atoms with E-state index in [1.54, 1.807) is 0 Å². The lowest BCUT2D eigenvalue weighted by atomic mass is 10.00. The number of halogens is 2. The van der Waals surface area contributed by atoms with Gasteiger partial charge in [-0.3, -0.25) is 0 Å². The van der Waals surface area contributed by atoms with E-state index in [9.17, 15) is 4.39 Å². The molecule has 2 unspecified atom stereocenters. The van der Waals surface area contributed by atoms with Gasteiger partial charge in [-0.1, -0.05) is 0 Å². The molecule has 0 aromatic heterocycles. The zero-order valence-electron chi connectivity index (χ0n) is 5.93. The smallest absolute Gasteiger partial charge is 0.149 e. The van der Waals surface area contributed by atoms with Crippen molar-refractivity contribution in [2.24, 2.45) is 0 Å². The van der Waals surface area contributed by atoms with E-state index >= 15 is 0 Å². The normalized spacial score (nSPS) is 35.1. The van der Waals surface area contributed by atoms with Crippen LogP contribution in [0.4, 0.5) is 4.39 Å². The molecule has 2 atom stereocenters. The monoisotopic (exact) mass is 169 g/mol. The largest absolute Gasteiger partial charge is 0.390 e. The Labute approximate surface area is 66.2 Å². The Balaban J connectivity index is 0.000000810. The lowest BCUT2D eigenvalue weighted by Crippen LogP contribution is -2.37. The van der Waals surface area contributed by atoms with Crippen LogP contribution >= 0.6 is 12.4 Å². The van der Waals surface area contributed by atoms with Crippen LogP contribution in [0.1, 0.15) is 13.3 Å². The zero-order chi connectivity index (χ0) is 6.91. The minimum absolute atomic E-state index is 0. The van der Waals surface area contributed by atoms with E-state index < -0.39 is 11.8 Å². The number of hydrogen-bond donors (Lipinski definition) is 2. The molecule has 1 fully saturated rings. The van der Waals surface area contributed by atoms with E-state index in [-0.39, 0.29) is 12.4 Å². The van der Waals surface area contributed by atoms with Gasteiger partial charge >= 0.3 is 0 Å². The third kappa shape index (κ3) is 1.81. The van der Waals surface area contributed by atoms with E-state index in [1.165, 1.54) is 6.92 Å². The van der Waals surface area contributed by atoms with Crippen LogP contribution in [0.5, 0.6) is 0 Å². The minimum atomic E-state index is -1.36. The van der Waals surface area contributed by atoms with E-state index in [2.05, 4.69) is 5.32 Å². The number of hydrogen-bond acceptors (Lipinski definition) is 2. The van der Waals surface area contributed by atoms with Crippen molar-refractivity contribution in [2.45, 2.75) is 25.1 Å². The Morgan fingerprint density at radius 2 is 2.30 bits per heavy atom. The Morgan fingerprint density at radius 3 is 2.50 bits per heavy atom. The second kappa shape index (κ2) is 3.51. The number of aliphatic hydroxyl groups excluding tert-OH is 1. The van der Waals surface area contributed by atoms with Crippen molar-refractivity contribution in [1.29, 1.82) is 0 Å². The average Bonchev–Trinajstić information content (AvgIpc) is 2.16. The van der Waals surface area contributed by atoms with Gasteiger partial charge in [-0.25, -0.2) is 4.39 Å². The number of nitrogens with one attached hydrogen (secondary N) is 1. The summed E-state index contributed by atoms with van der Waals surface area (Å²) < 4.78 is 13.1. The van der Waals surface area contributed by atoms with Crippen LogP contribution in [0.2, 0.25) is 0 Å². The lowest BCUT2D eigenvalue weighted by Gasteiger charge is -2.20. The maximum Gasteiger partial charge on any atom is 0.149 e. The zero-order valence-corrected chi connectivity index (χ0v) is 6.75. The van der Waals surface area contributed by atoms with Gasteiger partial charge in [0.25, 0.3) is 0 Å². The molecule has 0 amide bonds. The second-order valence-electron chi connectivity index (χ2n) is 2.64. The summed E-state index contributed by atoms with van der Waals surface area (Å²) in [6, 6.07) is 0. The summed E-state index contributed by atoms with van der Waals surface area (Å²) in [5, 5.41) is 11.8. The van der Waals surface area contributed by atoms with Crippen molar-refractivity contribution >= 4 is 12.4 Å². The van der Waals surface area contributed by atoms with Gasteiger partial charge in [-0.05, 0) is 19.9 Å². The van der Waals surface area contributed by atoms with E-state index in [0.29, 0.717) is 19.5 Å². The van der Waals surface area contributed by atoms with Gasteiger partial charge < -0.3 is 10.4 Å². The van der Waals surface area contributed by atoms with Crippen molar-refractivity contribution in [1.82, 2.24) is 5.32 Å². The lowest BCUT2D eigenvalue weighted by molar-refractivity contribution is 0.0179. The van der Waals surface area contributed by atoms with Crippen molar-refractivity contribution in [3.05, 3.63) is 0 Å². The molecule has 10 heavy (non-hydrogen) atoms. The summed E-state index contributed by atoms with van der Waals surface area (Å²) in [6.07, 6.45) is -0.405. The van der Waals surface area contributed by atoms with Crippen LogP contribution in [-0.4, -0.2) is 30.0 Å². The molecule has 0 aromatic rings. The quantitative estimate of drug-likeness (QED) is 0.599. The molecule has 1 rings (SSSR count). The first-order valence-electron chi connectivity index (χ1n) is 3.23. The standard InChI is InChI=1S/C6H12FNO.ClH/c1-5(9)6(7)2-3-8-4-6;/h5,8-9H,2-4H2,1H3;1H. The Hall–Kier alpha value is 0.140. The maximum absolute atomic E-state index is 13.1. The first-order chi connectivity index (χ1) is 4.15. The molecule has 2 nitrogen and oxygen atoms in total. The topological polar surface area (TPSA) is 32.3 Å². The highest BCUT2D eigenvalue weighted by Gasteiger charge is 2.38. The van der Waals surface area contributed by atoms with Crippen molar-refractivity contribution in [3.8, 4) is 0 Å². The predicted molar refractivity (Wildman–Crippen MR) is 40.3 cm³/mol. The van der Waals surface area contributed by atoms with Crippen LogP contribution in [0.3, 0.4) is 0 Å². The molecular formula is C6H13ClFNO. The van der Waals surface area contributed by atoms with Crippen LogP contribution in [0.25, 0.3) is 0 Å². The Bertz CT molecular complexity index is 104. The third-order valence-corrected chi connectivity index (χ3v) is 1.88. The molecule has 0 bridgehead atoms. The van der Waals surface area contributed by atoms with Crippen molar-refractivity contribution in [2.75, 3.05) is 13.1 Å². The van der Waals surface area contributed by atoms with Gasteiger partial charge in [-0.2, -0.15) is 0 Å². The number of rotatable bonds is 1. The summed E-state index contributed by atoms with van der Waals surface area (Å²) in [4.78, 5) is 0. The molecule has 1 aliphatic heterocycles. The highest BCUT2D eigenvalue weighted by atomic mass is 35.5. The summed E-state index contributed by atoms with van der Waals surface area (Å²) in [7, 11) is 0. The number of alkyl halides is 1. The fourth-order valence-corrected chi connectivity index (χ4v) is 1.04. The summed E-state index contributed by atoms with van der Waals surface area (Å²) in [5.74, 6) is 0. The molecule has 0 spiro atoms. The SMILES string of the molecule is CC(O)C1(F)CCNC1.Cl. The van der Waals surface area contributed by atoms with Gasteiger partial charge in [0.1, 0.15) is 5.67 Å². The molecule has 1 heterocycles. The summed E-state index contributed by atoms with van der Waals surface area (Å²) in [5.41, 5.74) is -1.36. The molecule has 0 saturated carbocycles. The summed E-state index contributed by atoms with van der Waals surface area (Å²) >= 11 is 0. The van der Waals surface area contributed by atoms with Crippen LogP contribution < -0.4 is 5.32 Å².